The predicted molar refractivity (Wildman–Crippen MR) is 217 cm³/mol. The Labute approximate surface area is 356 Å². The van der Waals surface area contributed by atoms with E-state index in [0.29, 0.717) is 37.7 Å². The molecule has 0 saturated heterocycles. The first-order valence-corrected chi connectivity index (χ1v) is 22.3. The van der Waals surface area contributed by atoms with Gasteiger partial charge >= 0.3 is 11.9 Å². The average Bonchev–Trinajstić information content (AvgIpc) is 3.59. The molecular weight excluding hydrogens is 788 g/mol. The summed E-state index contributed by atoms with van der Waals surface area (Å²) in [6, 6.07) is 0. The van der Waals surface area contributed by atoms with E-state index in [4.69, 9.17) is 9.47 Å². The van der Waals surface area contributed by atoms with Gasteiger partial charge in [0.1, 0.15) is 11.2 Å². The molecule has 0 heterocycles. The number of halogens is 1. The molecule has 15 atom stereocenters. The number of Topliss-reactive ketones (excluding diaryl/α,β-unsaturated/α-hetero) is 2. The lowest BCUT2D eigenvalue weighted by molar-refractivity contribution is -0.220. The van der Waals surface area contributed by atoms with Gasteiger partial charge < -0.3 is 29.9 Å². The number of hydrogen-bond donors (Lipinski definition) is 4. The maximum absolute atomic E-state index is 17.5. The maximum atomic E-state index is 17.5. The van der Waals surface area contributed by atoms with Crippen LogP contribution in [0.2, 0.25) is 0 Å². The van der Waals surface area contributed by atoms with Crippen LogP contribution in [0.1, 0.15) is 112 Å². The molecule has 0 aromatic heterocycles. The lowest BCUT2D eigenvalue weighted by atomic mass is 9.44. The minimum atomic E-state index is -2.12. The summed E-state index contributed by atoms with van der Waals surface area (Å²) in [6.07, 6.45) is 9.81. The Morgan fingerprint density at radius 2 is 1.38 bits per heavy atom. The first kappa shape index (κ1) is 44.0. The zero-order valence-corrected chi connectivity index (χ0v) is 35.9. The fourth-order valence-corrected chi connectivity index (χ4v) is 15.0. The van der Waals surface area contributed by atoms with Gasteiger partial charge in [-0.3, -0.25) is 28.8 Å². The SMILES string of the molecule is C[C@@H]1CC2C3CCC4=CC(=O)C=C[C@]4(C)[C@@]3(F)[C@@H](O)C[C@]2(C)[C@@]1(O)C(=O)COC(=O)CCCC(=O)OCC(=O)[C@@]1(O)CCC2C3CCC4=CC(=O)C=C[C@]4(C)C3[C@@H](O)C[C@@]21C. The van der Waals surface area contributed by atoms with E-state index in [9.17, 15) is 49.2 Å². The molecule has 0 amide bonds. The van der Waals surface area contributed by atoms with E-state index in [1.807, 2.05) is 13.0 Å². The first-order valence-electron chi connectivity index (χ1n) is 22.3. The molecule has 0 aromatic carbocycles. The normalized spacial score (nSPS) is 46.8. The van der Waals surface area contributed by atoms with Crippen molar-refractivity contribution in [3.63, 3.8) is 0 Å². The Balaban J connectivity index is 0.824. The number of aliphatic hydroxyl groups is 4. The molecule has 12 nitrogen and oxygen atoms in total. The predicted octanol–water partition coefficient (Wildman–Crippen LogP) is 4.74. The van der Waals surface area contributed by atoms with E-state index in [0.717, 1.165) is 12.0 Å². The molecule has 13 heteroatoms. The second-order valence-electron chi connectivity index (χ2n) is 20.8. The Bertz CT molecular complexity index is 2070. The number of ketones is 4. The minimum absolute atomic E-state index is 0.0171. The molecule has 0 bridgehead atoms. The number of hydrogen-bond acceptors (Lipinski definition) is 12. The van der Waals surface area contributed by atoms with Crippen molar-refractivity contribution in [3.8, 4) is 0 Å². The molecular formula is C48H61FO12. The summed E-state index contributed by atoms with van der Waals surface area (Å²) < 4.78 is 28.1. The van der Waals surface area contributed by atoms with Gasteiger partial charge in [0, 0.05) is 46.3 Å². The van der Waals surface area contributed by atoms with Crippen molar-refractivity contribution in [1.29, 1.82) is 0 Å². The highest BCUT2D eigenvalue weighted by molar-refractivity contribution is 6.02. The number of carbonyl (C=O) groups is 6. The third kappa shape index (κ3) is 6.09. The van der Waals surface area contributed by atoms with Crippen LogP contribution < -0.4 is 0 Å². The Hall–Kier alpha value is -3.65. The van der Waals surface area contributed by atoms with E-state index in [-0.39, 0.29) is 67.8 Å². The van der Waals surface area contributed by atoms with Gasteiger partial charge in [-0.05, 0) is 119 Å². The molecule has 4 N–H and O–H groups in total. The highest BCUT2D eigenvalue weighted by Gasteiger charge is 2.76. The summed E-state index contributed by atoms with van der Waals surface area (Å²) in [4.78, 5) is 77.4. The van der Waals surface area contributed by atoms with Gasteiger partial charge in [-0.15, -0.1) is 0 Å². The van der Waals surface area contributed by atoms with Gasteiger partial charge in [0.05, 0.1) is 12.2 Å². The summed E-state index contributed by atoms with van der Waals surface area (Å²) in [7, 11) is 0. The second-order valence-corrected chi connectivity index (χ2v) is 20.8. The highest BCUT2D eigenvalue weighted by Crippen LogP contribution is 2.71. The number of esters is 2. The number of alkyl halides is 1. The zero-order valence-electron chi connectivity index (χ0n) is 35.9. The van der Waals surface area contributed by atoms with Crippen molar-refractivity contribution >= 4 is 35.1 Å². The van der Waals surface area contributed by atoms with Gasteiger partial charge in [0.15, 0.2) is 30.4 Å². The van der Waals surface area contributed by atoms with E-state index < -0.39 is 105 Å². The molecule has 332 valence electrons. The molecule has 0 aromatic rings. The zero-order chi connectivity index (χ0) is 44.3. The van der Waals surface area contributed by atoms with Crippen LogP contribution in [-0.4, -0.2) is 97.8 Å². The Morgan fingerprint density at radius 3 is 2.05 bits per heavy atom. The van der Waals surface area contributed by atoms with Crippen LogP contribution in [-0.2, 0) is 38.2 Å². The fraction of sp³-hybridized carbons (Fsp3) is 0.708. The minimum Gasteiger partial charge on any atom is -0.458 e. The fourth-order valence-electron chi connectivity index (χ4n) is 15.0. The Morgan fingerprint density at radius 1 is 0.770 bits per heavy atom. The smallest absolute Gasteiger partial charge is 0.306 e. The van der Waals surface area contributed by atoms with E-state index >= 15 is 4.39 Å². The van der Waals surface area contributed by atoms with Crippen molar-refractivity contribution in [1.82, 2.24) is 0 Å². The molecule has 8 rings (SSSR count). The van der Waals surface area contributed by atoms with Crippen molar-refractivity contribution in [2.45, 2.75) is 141 Å². The molecule has 0 radical (unpaired) electrons. The van der Waals surface area contributed by atoms with Gasteiger partial charge in [-0.25, -0.2) is 4.39 Å². The third-order valence-electron chi connectivity index (χ3n) is 18.2. The van der Waals surface area contributed by atoms with Crippen LogP contribution >= 0.6 is 0 Å². The van der Waals surface area contributed by atoms with Crippen LogP contribution in [0.25, 0.3) is 0 Å². The number of allylic oxidation sites excluding steroid dienone is 8. The number of carbonyl (C=O) groups excluding carboxylic acids is 6. The van der Waals surface area contributed by atoms with Crippen LogP contribution in [0.3, 0.4) is 0 Å². The van der Waals surface area contributed by atoms with Crippen molar-refractivity contribution in [3.05, 3.63) is 47.6 Å². The number of ether oxygens (including phenoxy) is 2. The average molecular weight is 849 g/mol. The van der Waals surface area contributed by atoms with Crippen LogP contribution in [0, 0.1) is 57.2 Å². The van der Waals surface area contributed by atoms with Gasteiger partial charge in [0.2, 0.25) is 11.6 Å². The number of aliphatic hydroxyl groups excluding tert-OH is 2. The van der Waals surface area contributed by atoms with Crippen molar-refractivity contribution < 1.29 is 63.1 Å². The maximum Gasteiger partial charge on any atom is 0.306 e. The molecule has 8 aliphatic rings. The van der Waals surface area contributed by atoms with E-state index in [2.05, 4.69) is 6.92 Å². The first-order chi connectivity index (χ1) is 28.5. The second kappa shape index (κ2) is 14.7. The number of rotatable bonds is 10. The van der Waals surface area contributed by atoms with Gasteiger partial charge in [-0.1, -0.05) is 51.0 Å². The van der Waals surface area contributed by atoms with Crippen molar-refractivity contribution in [2.24, 2.45) is 57.2 Å². The van der Waals surface area contributed by atoms with E-state index in [1.165, 1.54) is 12.2 Å². The lowest BCUT2D eigenvalue weighted by Crippen LogP contribution is -2.69. The highest BCUT2D eigenvalue weighted by atomic mass is 19.1. The summed E-state index contributed by atoms with van der Waals surface area (Å²) in [5, 5.41) is 47.4. The summed E-state index contributed by atoms with van der Waals surface area (Å²) in [5.74, 6) is -5.23. The molecule has 6 saturated carbocycles. The topological polar surface area (TPSA) is 202 Å². The van der Waals surface area contributed by atoms with Gasteiger partial charge in [0.25, 0.3) is 0 Å². The lowest BCUT2D eigenvalue weighted by Gasteiger charge is -2.62. The largest absolute Gasteiger partial charge is 0.458 e. The third-order valence-corrected chi connectivity index (χ3v) is 18.2. The summed E-state index contributed by atoms with van der Waals surface area (Å²) in [5.41, 5.74) is -8.20. The molecule has 61 heavy (non-hydrogen) atoms. The molecule has 8 aliphatic carbocycles. The molecule has 5 unspecified atom stereocenters. The monoisotopic (exact) mass is 848 g/mol. The van der Waals surface area contributed by atoms with Crippen LogP contribution in [0.5, 0.6) is 0 Å². The Kier molecular flexibility index (Phi) is 10.6. The molecule has 0 aliphatic heterocycles. The standard InChI is InChI=1S/C48H61FO12/c1-26-19-34-33-12-10-28-21-30(51)14-17-43(28,3)47(33,49)36(53)23-45(34,5)48(26,59)38(55)25-61-40(57)8-6-7-39(56)60-24-37(54)46(58)18-15-32-31-11-9-27-20-29(50)13-16-42(27,2)41(31)35(52)22-44(32,46)4/h13-14,16-17,20-21,26,31-36,41,52-53,58-59H,6-12,15,18-19,22-25H2,1-5H3/t26-,31?,32?,33?,34?,35+,36+,41?,42+,43+,44+,45+,46+,47+,48+/m1/s1. The van der Waals surface area contributed by atoms with Crippen LogP contribution in [0.4, 0.5) is 4.39 Å². The van der Waals surface area contributed by atoms with Crippen LogP contribution in [0.15, 0.2) is 47.6 Å². The molecule has 6 fully saturated rings. The number of fused-ring (bicyclic) bond motifs is 10. The quantitative estimate of drug-likeness (QED) is 0.221. The molecule has 0 spiro atoms. The van der Waals surface area contributed by atoms with Gasteiger partial charge in [-0.2, -0.15) is 0 Å². The summed E-state index contributed by atoms with van der Waals surface area (Å²) >= 11 is 0. The van der Waals surface area contributed by atoms with Crippen molar-refractivity contribution in [2.75, 3.05) is 13.2 Å². The summed E-state index contributed by atoms with van der Waals surface area (Å²) in [6.45, 7) is 7.59. The van der Waals surface area contributed by atoms with E-state index in [1.54, 1.807) is 39.0 Å².